The van der Waals surface area contributed by atoms with Crippen LogP contribution < -0.4 is 0 Å². The van der Waals surface area contributed by atoms with Crippen LogP contribution >= 0.6 is 22.9 Å². The Hall–Kier alpha value is -0.910. The first kappa shape index (κ1) is 12.1. The smallest absolute Gasteiger partial charge is 0.240 e. The minimum absolute atomic E-state index is 0.545. The summed E-state index contributed by atoms with van der Waals surface area (Å²) in [6, 6.07) is 3.97. The third-order valence-electron chi connectivity index (χ3n) is 2.89. The van der Waals surface area contributed by atoms with Gasteiger partial charge in [0.2, 0.25) is 5.89 Å². The van der Waals surface area contributed by atoms with Crippen LogP contribution in [0.3, 0.4) is 0 Å². The van der Waals surface area contributed by atoms with Crippen molar-refractivity contribution in [3.63, 3.8) is 0 Å². The summed E-state index contributed by atoms with van der Waals surface area (Å²) in [4.78, 5) is 7.80. The molecule has 0 amide bonds. The fraction of sp³-hybridized carbons (Fsp3) is 0.500. The molecule has 18 heavy (non-hydrogen) atoms. The van der Waals surface area contributed by atoms with E-state index in [0.717, 1.165) is 16.7 Å². The summed E-state index contributed by atoms with van der Waals surface area (Å²) in [5.74, 6) is 2.11. The van der Waals surface area contributed by atoms with Gasteiger partial charge in [-0.15, -0.1) is 11.3 Å². The van der Waals surface area contributed by atoms with Gasteiger partial charge in [-0.3, -0.25) is 4.90 Å². The Balaban J connectivity index is 1.57. The van der Waals surface area contributed by atoms with Gasteiger partial charge in [-0.05, 0) is 32.0 Å². The van der Waals surface area contributed by atoms with Gasteiger partial charge >= 0.3 is 0 Å². The SMILES string of the molecule is CN(Cc1nc(C2CC2)no1)Cc1ccc(Cl)s1. The van der Waals surface area contributed by atoms with Crippen LogP contribution in [-0.4, -0.2) is 22.1 Å². The van der Waals surface area contributed by atoms with E-state index >= 15 is 0 Å². The highest BCUT2D eigenvalue weighted by Gasteiger charge is 2.28. The van der Waals surface area contributed by atoms with E-state index in [1.54, 1.807) is 11.3 Å². The van der Waals surface area contributed by atoms with Crippen LogP contribution in [0.25, 0.3) is 0 Å². The summed E-state index contributed by atoms with van der Waals surface area (Å²) in [7, 11) is 2.04. The first-order valence-corrected chi connectivity index (χ1v) is 7.15. The summed E-state index contributed by atoms with van der Waals surface area (Å²) >= 11 is 7.51. The molecular weight excluding hydrogens is 270 g/mol. The molecule has 2 aromatic heterocycles. The number of aromatic nitrogens is 2. The van der Waals surface area contributed by atoms with Crippen molar-refractivity contribution in [1.29, 1.82) is 0 Å². The van der Waals surface area contributed by atoms with E-state index in [1.807, 2.05) is 19.2 Å². The lowest BCUT2D eigenvalue weighted by atomic mass is 10.4. The Bertz CT molecular complexity index is 535. The van der Waals surface area contributed by atoms with Crippen molar-refractivity contribution in [3.8, 4) is 0 Å². The fourth-order valence-electron chi connectivity index (χ4n) is 1.83. The van der Waals surface area contributed by atoms with Gasteiger partial charge in [-0.2, -0.15) is 4.98 Å². The molecule has 0 saturated heterocycles. The zero-order valence-corrected chi connectivity index (χ0v) is 11.7. The molecule has 4 nitrogen and oxygen atoms in total. The Morgan fingerprint density at radius 1 is 1.44 bits per heavy atom. The third kappa shape index (κ3) is 2.91. The van der Waals surface area contributed by atoms with E-state index < -0.39 is 0 Å². The van der Waals surface area contributed by atoms with Crippen molar-refractivity contribution in [2.24, 2.45) is 0 Å². The van der Waals surface area contributed by atoms with Gasteiger partial charge in [0.05, 0.1) is 10.9 Å². The molecule has 0 aromatic carbocycles. The monoisotopic (exact) mass is 283 g/mol. The quantitative estimate of drug-likeness (QED) is 0.844. The first-order chi connectivity index (χ1) is 8.70. The van der Waals surface area contributed by atoms with Crippen LogP contribution in [0.2, 0.25) is 4.34 Å². The van der Waals surface area contributed by atoms with E-state index in [-0.39, 0.29) is 0 Å². The molecule has 0 spiro atoms. The van der Waals surface area contributed by atoms with Crippen LogP contribution in [0, 0.1) is 0 Å². The fourth-order valence-corrected chi connectivity index (χ4v) is 3.00. The number of thiophene rings is 1. The van der Waals surface area contributed by atoms with Crippen molar-refractivity contribution in [2.75, 3.05) is 7.05 Å². The zero-order chi connectivity index (χ0) is 12.5. The second kappa shape index (κ2) is 4.99. The topological polar surface area (TPSA) is 42.2 Å². The molecule has 1 fully saturated rings. The molecule has 0 radical (unpaired) electrons. The molecule has 1 saturated carbocycles. The van der Waals surface area contributed by atoms with Gasteiger partial charge < -0.3 is 4.52 Å². The first-order valence-electron chi connectivity index (χ1n) is 5.96. The van der Waals surface area contributed by atoms with Crippen molar-refractivity contribution in [1.82, 2.24) is 15.0 Å². The third-order valence-corrected chi connectivity index (χ3v) is 4.10. The predicted octanol–water partition coefficient (Wildman–Crippen LogP) is 3.29. The highest BCUT2D eigenvalue weighted by molar-refractivity contribution is 7.16. The number of hydrogen-bond acceptors (Lipinski definition) is 5. The standard InChI is InChI=1S/C12H14ClN3OS/c1-16(6-9-4-5-10(13)18-9)7-11-14-12(15-17-11)8-2-3-8/h4-5,8H,2-3,6-7H2,1H3. The van der Waals surface area contributed by atoms with Gasteiger partial charge in [0, 0.05) is 17.3 Å². The predicted molar refractivity (Wildman–Crippen MR) is 70.8 cm³/mol. The molecule has 2 heterocycles. The lowest BCUT2D eigenvalue weighted by Crippen LogP contribution is -2.16. The lowest BCUT2D eigenvalue weighted by Gasteiger charge is -2.12. The molecule has 3 rings (SSSR count). The van der Waals surface area contributed by atoms with Crippen molar-refractivity contribution in [3.05, 3.63) is 33.1 Å². The molecule has 6 heteroatoms. The molecule has 1 aliphatic carbocycles. The van der Waals surface area contributed by atoms with E-state index in [4.69, 9.17) is 16.1 Å². The summed E-state index contributed by atoms with van der Waals surface area (Å²) in [6.45, 7) is 1.52. The second-order valence-corrected chi connectivity index (χ2v) is 6.50. The molecule has 2 aromatic rings. The van der Waals surface area contributed by atoms with Gasteiger partial charge in [0.25, 0.3) is 0 Å². The maximum absolute atomic E-state index is 5.91. The average Bonchev–Trinajstić information content (AvgIpc) is 2.95. The van der Waals surface area contributed by atoms with E-state index in [0.29, 0.717) is 18.4 Å². The number of hydrogen-bond donors (Lipinski definition) is 0. The normalized spacial score (nSPS) is 15.5. The number of nitrogens with zero attached hydrogens (tertiary/aromatic N) is 3. The van der Waals surface area contributed by atoms with Gasteiger partial charge in [0.15, 0.2) is 5.82 Å². The molecular formula is C12H14ClN3OS. The van der Waals surface area contributed by atoms with Crippen LogP contribution in [0.15, 0.2) is 16.7 Å². The minimum atomic E-state index is 0.545. The van der Waals surface area contributed by atoms with Crippen LogP contribution in [-0.2, 0) is 13.1 Å². The van der Waals surface area contributed by atoms with Crippen molar-refractivity contribution in [2.45, 2.75) is 31.8 Å². The van der Waals surface area contributed by atoms with Crippen LogP contribution in [0.1, 0.15) is 35.4 Å². The summed E-state index contributed by atoms with van der Waals surface area (Å²) < 4.78 is 6.08. The molecule has 0 aliphatic heterocycles. The van der Waals surface area contributed by atoms with E-state index in [9.17, 15) is 0 Å². The lowest BCUT2D eigenvalue weighted by molar-refractivity contribution is 0.262. The summed E-state index contributed by atoms with van der Waals surface area (Å²) in [5, 5.41) is 4.01. The Morgan fingerprint density at radius 2 is 2.28 bits per heavy atom. The zero-order valence-electron chi connectivity index (χ0n) is 10.1. The Morgan fingerprint density at radius 3 is 2.94 bits per heavy atom. The highest BCUT2D eigenvalue weighted by Crippen LogP contribution is 2.38. The molecule has 0 atom stereocenters. The largest absolute Gasteiger partial charge is 0.338 e. The maximum Gasteiger partial charge on any atom is 0.240 e. The Kier molecular flexibility index (Phi) is 3.37. The van der Waals surface area contributed by atoms with Crippen LogP contribution in [0.4, 0.5) is 0 Å². The van der Waals surface area contributed by atoms with Crippen LogP contribution in [0.5, 0.6) is 0 Å². The number of rotatable bonds is 5. The molecule has 96 valence electrons. The second-order valence-electron chi connectivity index (χ2n) is 4.70. The van der Waals surface area contributed by atoms with Crippen molar-refractivity contribution >= 4 is 22.9 Å². The van der Waals surface area contributed by atoms with E-state index in [2.05, 4.69) is 15.0 Å². The number of halogens is 1. The van der Waals surface area contributed by atoms with E-state index in [1.165, 1.54) is 17.7 Å². The highest BCUT2D eigenvalue weighted by atomic mass is 35.5. The van der Waals surface area contributed by atoms with Gasteiger partial charge in [-0.1, -0.05) is 16.8 Å². The Labute approximate surface area is 115 Å². The molecule has 0 N–H and O–H groups in total. The molecule has 0 unspecified atom stereocenters. The average molecular weight is 284 g/mol. The molecule has 1 aliphatic rings. The van der Waals surface area contributed by atoms with Gasteiger partial charge in [-0.25, -0.2) is 0 Å². The summed E-state index contributed by atoms with van der Waals surface area (Å²) in [6.07, 6.45) is 2.39. The maximum atomic E-state index is 5.91. The minimum Gasteiger partial charge on any atom is -0.338 e. The molecule has 0 bridgehead atoms. The summed E-state index contributed by atoms with van der Waals surface area (Å²) in [5.41, 5.74) is 0. The van der Waals surface area contributed by atoms with Crippen molar-refractivity contribution < 1.29 is 4.52 Å². The van der Waals surface area contributed by atoms with Gasteiger partial charge in [0.1, 0.15) is 0 Å².